The van der Waals surface area contributed by atoms with Gasteiger partial charge in [-0.15, -0.1) is 0 Å². The number of nitrogens with zero attached hydrogens (tertiary/aromatic N) is 1. The van der Waals surface area contributed by atoms with Crippen molar-refractivity contribution in [3.63, 3.8) is 0 Å². The number of carbonyl (C=O) groups excluding carboxylic acids is 1. The molecule has 1 aromatic heterocycles. The van der Waals surface area contributed by atoms with E-state index in [9.17, 15) is 18.0 Å². The molecule has 29 heavy (non-hydrogen) atoms. The van der Waals surface area contributed by atoms with Gasteiger partial charge in [-0.1, -0.05) is 29.8 Å². The second-order valence-electron chi connectivity index (χ2n) is 6.75. The maximum absolute atomic E-state index is 13.4. The van der Waals surface area contributed by atoms with Crippen LogP contribution in [0.25, 0.3) is 11.1 Å². The van der Waals surface area contributed by atoms with Crippen LogP contribution in [0.3, 0.4) is 0 Å². The molecule has 0 radical (unpaired) electrons. The van der Waals surface area contributed by atoms with Gasteiger partial charge in [0.2, 0.25) is 5.91 Å². The number of hydrogen-bond acceptors (Lipinski definition) is 2. The lowest BCUT2D eigenvalue weighted by molar-refractivity contribution is -0.137. The molecule has 0 bridgehead atoms. The van der Waals surface area contributed by atoms with Crippen LogP contribution in [-0.4, -0.2) is 10.9 Å². The highest BCUT2D eigenvalue weighted by molar-refractivity contribution is 6.31. The maximum atomic E-state index is 13.4. The molecule has 3 aromatic rings. The molecule has 0 aliphatic heterocycles. The topological polar surface area (TPSA) is 42.0 Å². The molecule has 0 aliphatic rings. The number of pyridine rings is 1. The van der Waals surface area contributed by atoms with Gasteiger partial charge >= 0.3 is 6.18 Å². The van der Waals surface area contributed by atoms with E-state index in [-0.39, 0.29) is 12.1 Å². The minimum Gasteiger partial charge on any atom is -0.326 e. The van der Waals surface area contributed by atoms with E-state index < -0.39 is 17.6 Å². The van der Waals surface area contributed by atoms with Gasteiger partial charge in [-0.05, 0) is 66.9 Å². The summed E-state index contributed by atoms with van der Waals surface area (Å²) in [5, 5.41) is 2.98. The quantitative estimate of drug-likeness (QED) is 0.546. The van der Waals surface area contributed by atoms with E-state index in [0.29, 0.717) is 33.1 Å². The molecule has 0 spiro atoms. The van der Waals surface area contributed by atoms with E-state index in [1.54, 1.807) is 50.2 Å². The normalized spacial score (nSPS) is 11.4. The van der Waals surface area contributed by atoms with Crippen molar-refractivity contribution in [1.29, 1.82) is 0 Å². The third-order valence-electron chi connectivity index (χ3n) is 4.27. The van der Waals surface area contributed by atoms with E-state index in [1.165, 1.54) is 6.07 Å². The number of benzene rings is 2. The predicted molar refractivity (Wildman–Crippen MR) is 108 cm³/mol. The summed E-state index contributed by atoms with van der Waals surface area (Å²) >= 11 is 6.06. The first-order valence-electron chi connectivity index (χ1n) is 8.83. The number of carbonyl (C=O) groups is 1. The Balaban J connectivity index is 1.95. The Labute approximate surface area is 171 Å². The maximum Gasteiger partial charge on any atom is 0.416 e. The van der Waals surface area contributed by atoms with Crippen LogP contribution in [0.15, 0.2) is 54.6 Å². The van der Waals surface area contributed by atoms with Crippen molar-refractivity contribution in [2.24, 2.45) is 0 Å². The van der Waals surface area contributed by atoms with E-state index in [4.69, 9.17) is 11.6 Å². The molecular weight excluding hydrogens is 401 g/mol. The molecule has 0 saturated carbocycles. The molecule has 1 heterocycles. The summed E-state index contributed by atoms with van der Waals surface area (Å²) in [5.74, 6) is -0.453. The molecule has 150 valence electrons. The van der Waals surface area contributed by atoms with Crippen molar-refractivity contribution in [2.45, 2.75) is 26.4 Å². The fourth-order valence-corrected chi connectivity index (χ4v) is 3.25. The lowest BCUT2D eigenvalue weighted by Crippen LogP contribution is -2.15. The summed E-state index contributed by atoms with van der Waals surface area (Å²) in [6, 6.07) is 13.8. The number of amides is 1. The van der Waals surface area contributed by atoms with Crippen molar-refractivity contribution in [2.75, 3.05) is 5.32 Å². The van der Waals surface area contributed by atoms with Crippen molar-refractivity contribution in [1.82, 2.24) is 4.98 Å². The molecule has 1 amide bonds. The van der Waals surface area contributed by atoms with Gasteiger partial charge in [0.15, 0.2) is 0 Å². The number of nitrogens with one attached hydrogen (secondary N) is 1. The van der Waals surface area contributed by atoms with Gasteiger partial charge in [0.1, 0.15) is 0 Å². The van der Waals surface area contributed by atoms with E-state index in [0.717, 1.165) is 12.1 Å². The van der Waals surface area contributed by atoms with Crippen molar-refractivity contribution in [3.8, 4) is 11.1 Å². The Bertz CT molecular complexity index is 1040. The molecule has 0 fully saturated rings. The number of aryl methyl sites for hydroxylation is 2. The number of rotatable bonds is 4. The average molecular weight is 419 g/mol. The Morgan fingerprint density at radius 3 is 2.24 bits per heavy atom. The molecule has 3 nitrogen and oxygen atoms in total. The summed E-state index contributed by atoms with van der Waals surface area (Å²) < 4.78 is 40.3. The number of hydrogen-bond donors (Lipinski definition) is 1. The molecule has 3 rings (SSSR count). The van der Waals surface area contributed by atoms with Crippen LogP contribution in [0.1, 0.15) is 22.5 Å². The zero-order valence-corrected chi connectivity index (χ0v) is 16.5. The number of anilines is 1. The minimum atomic E-state index is -4.55. The Morgan fingerprint density at radius 1 is 1.00 bits per heavy atom. The average Bonchev–Trinajstić information content (AvgIpc) is 2.62. The summed E-state index contributed by atoms with van der Waals surface area (Å²) in [7, 11) is 0. The first-order valence-corrected chi connectivity index (χ1v) is 9.21. The monoisotopic (exact) mass is 418 g/mol. The molecule has 0 unspecified atom stereocenters. The highest BCUT2D eigenvalue weighted by atomic mass is 35.5. The highest BCUT2D eigenvalue weighted by Gasteiger charge is 2.31. The van der Waals surface area contributed by atoms with Crippen LogP contribution in [0.2, 0.25) is 5.02 Å². The van der Waals surface area contributed by atoms with E-state index in [2.05, 4.69) is 10.3 Å². The van der Waals surface area contributed by atoms with Crippen LogP contribution in [-0.2, 0) is 17.4 Å². The van der Waals surface area contributed by atoms with Crippen LogP contribution in [0.4, 0.5) is 18.9 Å². The van der Waals surface area contributed by atoms with Gasteiger partial charge in [0.25, 0.3) is 0 Å². The molecule has 1 N–H and O–H groups in total. The first kappa shape index (κ1) is 20.9. The molecule has 0 saturated heterocycles. The van der Waals surface area contributed by atoms with Crippen molar-refractivity contribution < 1.29 is 18.0 Å². The SMILES string of the molecule is Cc1cc(-c2cc(NC(=O)Cc3ccccc3Cl)cc(C(F)(F)F)c2)cc(C)n1. The molecule has 0 aliphatic carbocycles. The number of alkyl halides is 3. The molecule has 7 heteroatoms. The van der Waals surface area contributed by atoms with Gasteiger partial charge < -0.3 is 5.32 Å². The smallest absolute Gasteiger partial charge is 0.326 e. The second-order valence-corrected chi connectivity index (χ2v) is 7.16. The largest absolute Gasteiger partial charge is 0.416 e. The summed E-state index contributed by atoms with van der Waals surface area (Å²) in [5.41, 5.74) is 2.17. The number of aromatic nitrogens is 1. The van der Waals surface area contributed by atoms with Crippen molar-refractivity contribution in [3.05, 3.63) is 82.1 Å². The van der Waals surface area contributed by atoms with Gasteiger partial charge in [-0.25, -0.2) is 0 Å². The lowest BCUT2D eigenvalue weighted by atomic mass is 10.0. The van der Waals surface area contributed by atoms with Crippen LogP contribution >= 0.6 is 11.6 Å². The van der Waals surface area contributed by atoms with Crippen LogP contribution in [0.5, 0.6) is 0 Å². The van der Waals surface area contributed by atoms with Gasteiger partial charge in [0, 0.05) is 22.1 Å². The van der Waals surface area contributed by atoms with Crippen LogP contribution < -0.4 is 5.32 Å². The molecule has 2 aromatic carbocycles. The standard InChI is InChI=1S/C22H18ClF3N2O/c1-13-7-16(8-14(2)27-13)17-9-18(22(24,25)26)12-19(10-17)28-21(29)11-15-5-3-4-6-20(15)23/h3-10,12H,11H2,1-2H3,(H,28,29). The minimum absolute atomic E-state index is 0.0429. The summed E-state index contributed by atoms with van der Waals surface area (Å²) in [6.45, 7) is 3.55. The van der Waals surface area contributed by atoms with Crippen molar-refractivity contribution >= 4 is 23.2 Å². The van der Waals surface area contributed by atoms with E-state index in [1.807, 2.05) is 0 Å². The second kappa shape index (κ2) is 8.25. The fourth-order valence-electron chi connectivity index (χ4n) is 3.05. The predicted octanol–water partition coefficient (Wildman–Crippen LogP) is 6.22. The molecular formula is C22H18ClF3N2O. The Hall–Kier alpha value is -2.86. The summed E-state index contributed by atoms with van der Waals surface area (Å²) in [6.07, 6.45) is -4.59. The Morgan fingerprint density at radius 2 is 1.62 bits per heavy atom. The third-order valence-corrected chi connectivity index (χ3v) is 4.64. The summed E-state index contributed by atoms with van der Waals surface area (Å²) in [4.78, 5) is 16.6. The first-order chi connectivity index (χ1) is 13.6. The lowest BCUT2D eigenvalue weighted by Gasteiger charge is -2.14. The fraction of sp³-hybridized carbons (Fsp3) is 0.182. The Kier molecular flexibility index (Phi) is 5.94. The molecule has 0 atom stereocenters. The number of halogens is 4. The van der Waals surface area contributed by atoms with Gasteiger partial charge in [-0.3, -0.25) is 9.78 Å². The zero-order chi connectivity index (χ0) is 21.2. The highest BCUT2D eigenvalue weighted by Crippen LogP contribution is 2.35. The zero-order valence-electron chi connectivity index (χ0n) is 15.8. The van der Waals surface area contributed by atoms with Gasteiger partial charge in [-0.2, -0.15) is 13.2 Å². The van der Waals surface area contributed by atoms with E-state index >= 15 is 0 Å². The third kappa shape index (κ3) is 5.35. The van der Waals surface area contributed by atoms with Gasteiger partial charge in [0.05, 0.1) is 12.0 Å². The van der Waals surface area contributed by atoms with Crippen LogP contribution in [0, 0.1) is 13.8 Å².